The Balaban J connectivity index is 1.91. The van der Waals surface area contributed by atoms with Gasteiger partial charge in [0.05, 0.1) is 11.9 Å². The predicted octanol–water partition coefficient (Wildman–Crippen LogP) is 2.96. The number of hydrogen-bond acceptors (Lipinski definition) is 3. The maximum absolute atomic E-state index is 13.1. The second-order valence-corrected chi connectivity index (χ2v) is 5.30. The molecule has 5 heteroatoms. The molecule has 1 N–H and O–H groups in total. The first kappa shape index (κ1) is 12.5. The quantitative estimate of drug-likeness (QED) is 0.785. The van der Waals surface area contributed by atoms with E-state index in [1.807, 2.05) is 6.07 Å². The highest BCUT2D eigenvalue weighted by Gasteiger charge is 2.21. The molecule has 3 aromatic rings. The van der Waals surface area contributed by atoms with Gasteiger partial charge < -0.3 is 5.32 Å². The minimum atomic E-state index is -0.233. The maximum atomic E-state index is 13.1. The summed E-state index contributed by atoms with van der Waals surface area (Å²) in [6.45, 7) is 1.04. The lowest BCUT2D eigenvalue weighted by atomic mass is 10.1. The minimum absolute atomic E-state index is 0.233. The normalized spacial score (nSPS) is 18.4. The zero-order valence-electron chi connectivity index (χ0n) is 11.5. The average molecular weight is 282 g/mol. The van der Waals surface area contributed by atoms with Crippen molar-refractivity contribution in [1.82, 2.24) is 19.7 Å². The van der Waals surface area contributed by atoms with Crippen LogP contribution in [0.1, 0.15) is 24.6 Å². The summed E-state index contributed by atoms with van der Waals surface area (Å²) >= 11 is 0. The first-order valence-corrected chi connectivity index (χ1v) is 7.14. The molecule has 4 nitrogen and oxygen atoms in total. The van der Waals surface area contributed by atoms with Crippen molar-refractivity contribution in [2.24, 2.45) is 0 Å². The molecule has 3 heterocycles. The van der Waals surface area contributed by atoms with Gasteiger partial charge in [0, 0.05) is 23.5 Å². The Morgan fingerprint density at radius 2 is 2.00 bits per heavy atom. The highest BCUT2D eigenvalue weighted by atomic mass is 19.1. The molecule has 106 valence electrons. The molecule has 0 saturated carbocycles. The van der Waals surface area contributed by atoms with Gasteiger partial charge >= 0.3 is 0 Å². The number of nitrogens with one attached hydrogen (secondary N) is 1. The number of rotatable bonds is 2. The van der Waals surface area contributed by atoms with E-state index in [1.165, 1.54) is 18.6 Å². The molecular formula is C16H15FN4. The van der Waals surface area contributed by atoms with Gasteiger partial charge in [-0.2, -0.15) is 0 Å². The van der Waals surface area contributed by atoms with Crippen molar-refractivity contribution in [3.8, 4) is 11.3 Å². The zero-order valence-corrected chi connectivity index (χ0v) is 11.5. The number of nitrogens with zero attached hydrogens (tertiary/aromatic N) is 3. The Kier molecular flexibility index (Phi) is 2.93. The van der Waals surface area contributed by atoms with E-state index in [-0.39, 0.29) is 5.82 Å². The second-order valence-electron chi connectivity index (χ2n) is 5.30. The lowest BCUT2D eigenvalue weighted by Gasteiger charge is -2.14. The van der Waals surface area contributed by atoms with Gasteiger partial charge in [-0.15, -0.1) is 0 Å². The van der Waals surface area contributed by atoms with Crippen LogP contribution >= 0.6 is 0 Å². The monoisotopic (exact) mass is 282 g/mol. The molecule has 1 saturated heterocycles. The third-order valence-corrected chi connectivity index (χ3v) is 3.99. The summed E-state index contributed by atoms with van der Waals surface area (Å²) in [6, 6.07) is 8.85. The Morgan fingerprint density at radius 3 is 2.76 bits per heavy atom. The fraction of sp³-hybridized carbons (Fsp3) is 0.250. The van der Waals surface area contributed by atoms with Crippen LogP contribution in [0.25, 0.3) is 17.0 Å². The van der Waals surface area contributed by atoms with E-state index in [2.05, 4.69) is 19.7 Å². The molecule has 1 aromatic carbocycles. The molecule has 1 aliphatic rings. The highest BCUT2D eigenvalue weighted by Crippen LogP contribution is 2.28. The lowest BCUT2D eigenvalue weighted by molar-refractivity contribution is 0.618. The van der Waals surface area contributed by atoms with E-state index >= 15 is 0 Å². The van der Waals surface area contributed by atoms with Crippen LogP contribution < -0.4 is 5.32 Å². The number of aromatic nitrogens is 3. The number of imidazole rings is 1. The Hall–Kier alpha value is -2.27. The molecular weight excluding hydrogens is 267 g/mol. The first-order chi connectivity index (χ1) is 10.3. The standard InChI is InChI=1S/C16H15FN4/c17-12-5-3-11(4-6-12)15-10-20-16-19-9-7-14(21(15)16)13-2-1-8-18-13/h3-7,9-10,13,18H,1-2,8H2. The van der Waals surface area contributed by atoms with E-state index in [9.17, 15) is 4.39 Å². The van der Waals surface area contributed by atoms with Crippen LogP contribution in [0.5, 0.6) is 0 Å². The molecule has 0 aliphatic carbocycles. The first-order valence-electron chi connectivity index (χ1n) is 7.14. The summed E-state index contributed by atoms with van der Waals surface area (Å²) in [5, 5.41) is 3.51. The fourth-order valence-corrected chi connectivity index (χ4v) is 2.98. The molecule has 0 bridgehead atoms. The van der Waals surface area contributed by atoms with E-state index < -0.39 is 0 Å². The molecule has 1 unspecified atom stereocenters. The van der Waals surface area contributed by atoms with Crippen LogP contribution in [-0.2, 0) is 0 Å². The molecule has 2 aromatic heterocycles. The van der Waals surface area contributed by atoms with Gasteiger partial charge in [0.2, 0.25) is 5.78 Å². The minimum Gasteiger partial charge on any atom is -0.309 e. The number of fused-ring (bicyclic) bond motifs is 1. The second kappa shape index (κ2) is 4.93. The average Bonchev–Trinajstić information content (AvgIpc) is 3.17. The number of benzene rings is 1. The Bertz CT molecular complexity index is 773. The summed E-state index contributed by atoms with van der Waals surface area (Å²) in [7, 11) is 0. The van der Waals surface area contributed by atoms with Gasteiger partial charge in [0.1, 0.15) is 5.82 Å². The van der Waals surface area contributed by atoms with Crippen LogP contribution in [0.3, 0.4) is 0 Å². The molecule has 0 radical (unpaired) electrons. The van der Waals surface area contributed by atoms with Gasteiger partial charge in [-0.25, -0.2) is 14.4 Å². The predicted molar refractivity (Wildman–Crippen MR) is 78.4 cm³/mol. The molecule has 1 aliphatic heterocycles. The van der Waals surface area contributed by atoms with E-state index in [0.29, 0.717) is 11.8 Å². The Morgan fingerprint density at radius 1 is 1.14 bits per heavy atom. The third kappa shape index (κ3) is 2.10. The smallest absolute Gasteiger partial charge is 0.234 e. The third-order valence-electron chi connectivity index (χ3n) is 3.99. The van der Waals surface area contributed by atoms with Crippen molar-refractivity contribution >= 4 is 5.78 Å². The lowest BCUT2D eigenvalue weighted by Crippen LogP contribution is -2.16. The zero-order chi connectivity index (χ0) is 14.2. The molecule has 1 atom stereocenters. The summed E-state index contributed by atoms with van der Waals surface area (Å²) in [5.74, 6) is 0.448. The van der Waals surface area contributed by atoms with Crippen LogP contribution in [0.4, 0.5) is 4.39 Å². The van der Waals surface area contributed by atoms with Crippen molar-refractivity contribution in [3.05, 3.63) is 54.2 Å². The van der Waals surface area contributed by atoms with Gasteiger partial charge in [-0.1, -0.05) is 0 Å². The Labute approximate surface area is 121 Å². The van der Waals surface area contributed by atoms with Crippen LogP contribution in [-0.4, -0.2) is 20.9 Å². The van der Waals surface area contributed by atoms with Crippen molar-refractivity contribution in [2.75, 3.05) is 6.54 Å². The molecule has 1 fully saturated rings. The van der Waals surface area contributed by atoms with Crippen LogP contribution in [0.2, 0.25) is 0 Å². The van der Waals surface area contributed by atoms with Crippen LogP contribution in [0.15, 0.2) is 42.7 Å². The topological polar surface area (TPSA) is 42.2 Å². The van der Waals surface area contributed by atoms with Crippen molar-refractivity contribution in [1.29, 1.82) is 0 Å². The summed E-state index contributed by atoms with van der Waals surface area (Å²) in [5.41, 5.74) is 3.05. The largest absolute Gasteiger partial charge is 0.309 e. The van der Waals surface area contributed by atoms with Crippen molar-refractivity contribution in [2.45, 2.75) is 18.9 Å². The van der Waals surface area contributed by atoms with Crippen molar-refractivity contribution in [3.63, 3.8) is 0 Å². The van der Waals surface area contributed by atoms with E-state index in [1.54, 1.807) is 24.5 Å². The summed E-state index contributed by atoms with van der Waals surface area (Å²) in [6.07, 6.45) is 5.88. The van der Waals surface area contributed by atoms with Crippen LogP contribution in [0, 0.1) is 5.82 Å². The number of hydrogen-bond donors (Lipinski definition) is 1. The van der Waals surface area contributed by atoms with E-state index in [0.717, 1.165) is 29.9 Å². The van der Waals surface area contributed by atoms with Gasteiger partial charge in [0.15, 0.2) is 0 Å². The van der Waals surface area contributed by atoms with E-state index in [4.69, 9.17) is 0 Å². The number of halogens is 1. The molecule has 4 rings (SSSR count). The molecule has 0 spiro atoms. The molecule has 21 heavy (non-hydrogen) atoms. The van der Waals surface area contributed by atoms with Crippen molar-refractivity contribution < 1.29 is 4.39 Å². The SMILES string of the molecule is Fc1ccc(-c2cnc3nccc(C4CCCN4)n23)cc1. The summed E-state index contributed by atoms with van der Waals surface area (Å²) < 4.78 is 15.2. The highest BCUT2D eigenvalue weighted by molar-refractivity contribution is 5.63. The maximum Gasteiger partial charge on any atom is 0.234 e. The van der Waals surface area contributed by atoms with Gasteiger partial charge in [-0.05, 0) is 49.7 Å². The fourth-order valence-electron chi connectivity index (χ4n) is 2.98. The molecule has 0 amide bonds. The van der Waals surface area contributed by atoms with Gasteiger partial charge in [-0.3, -0.25) is 4.40 Å². The van der Waals surface area contributed by atoms with Gasteiger partial charge in [0.25, 0.3) is 0 Å². The summed E-state index contributed by atoms with van der Waals surface area (Å²) in [4.78, 5) is 8.71.